The predicted molar refractivity (Wildman–Crippen MR) is 40.3 cm³/mol. The van der Waals surface area contributed by atoms with E-state index in [0.29, 0.717) is 0 Å². The van der Waals surface area contributed by atoms with E-state index in [1.54, 1.807) is 0 Å². The minimum Gasteiger partial charge on any atom is -0.478 e. The fourth-order valence-corrected chi connectivity index (χ4v) is 0.276. The average Bonchev–Trinajstić information content (AvgIpc) is 1.79. The molecule has 0 aliphatic rings. The van der Waals surface area contributed by atoms with E-state index >= 15 is 0 Å². The molecule has 0 aromatic rings. The molecule has 11 heavy (non-hydrogen) atoms. The Balaban J connectivity index is 0. The summed E-state index contributed by atoms with van der Waals surface area (Å²) in [6.45, 7) is 0. The Labute approximate surface area is 64.5 Å². The van der Waals surface area contributed by atoms with Gasteiger partial charge in [-0.3, -0.25) is 0 Å². The van der Waals surface area contributed by atoms with Gasteiger partial charge < -0.3 is 10.2 Å². The zero-order valence-corrected chi connectivity index (χ0v) is 5.02. The van der Waals surface area contributed by atoms with E-state index in [1.807, 2.05) is 0 Å². The fourth-order valence-electron chi connectivity index (χ4n) is 0.276. The van der Waals surface area contributed by atoms with Crippen LogP contribution < -0.4 is 0 Å². The quantitative estimate of drug-likeness (QED) is 0.472. The lowest BCUT2D eigenvalue weighted by Crippen LogP contribution is -1.86. The number of hydrogen-bond donors (Lipinski definition) is 2. The first-order chi connectivity index (χ1) is 4.63. The summed E-state index contributed by atoms with van der Waals surface area (Å²) in [4.78, 5) is 19.6. The second-order valence-electron chi connectivity index (χ2n) is 1.39. The third-order valence-corrected chi connectivity index (χ3v) is 0.589. The molecule has 0 spiro atoms. The van der Waals surface area contributed by atoms with Gasteiger partial charge in [0, 0.05) is 12.2 Å². The molecule has 0 saturated carbocycles. The fraction of sp³-hybridized carbons (Fsp3) is 0.143. The van der Waals surface area contributed by atoms with Gasteiger partial charge in [-0.05, 0) is 0 Å². The molecule has 0 unspecified atom stereocenters. The van der Waals surface area contributed by atoms with Crippen LogP contribution in [0, 0.1) is 0 Å². The molecular formula is C7H10O4. The van der Waals surface area contributed by atoms with Gasteiger partial charge >= 0.3 is 11.9 Å². The van der Waals surface area contributed by atoms with Gasteiger partial charge in [0.05, 0.1) is 0 Å². The predicted octanol–water partition coefficient (Wildman–Crippen LogP) is 0.904. The number of carboxylic acids is 2. The monoisotopic (exact) mass is 158 g/mol. The van der Waals surface area contributed by atoms with Crippen LogP contribution >= 0.6 is 0 Å². The van der Waals surface area contributed by atoms with Crippen molar-refractivity contribution in [2.45, 2.75) is 7.43 Å². The first kappa shape index (κ1) is 12.1. The van der Waals surface area contributed by atoms with E-state index in [2.05, 4.69) is 0 Å². The second-order valence-corrected chi connectivity index (χ2v) is 1.39. The van der Waals surface area contributed by atoms with Crippen molar-refractivity contribution >= 4 is 11.9 Å². The number of rotatable bonds is 3. The van der Waals surface area contributed by atoms with Crippen LogP contribution in [0.2, 0.25) is 0 Å². The molecule has 0 heterocycles. The Bertz CT molecular complexity index is 169. The normalized spacial score (nSPS) is 9.82. The molecule has 0 fully saturated rings. The van der Waals surface area contributed by atoms with Crippen molar-refractivity contribution < 1.29 is 19.8 Å². The maximum Gasteiger partial charge on any atom is 0.328 e. The van der Waals surface area contributed by atoms with Crippen LogP contribution in [0.5, 0.6) is 0 Å². The highest BCUT2D eigenvalue weighted by Crippen LogP contribution is 1.76. The van der Waals surface area contributed by atoms with Crippen LogP contribution in [0.4, 0.5) is 0 Å². The van der Waals surface area contributed by atoms with Crippen LogP contribution in [0.3, 0.4) is 0 Å². The van der Waals surface area contributed by atoms with Gasteiger partial charge in [-0.2, -0.15) is 0 Å². The van der Waals surface area contributed by atoms with Crippen molar-refractivity contribution in [1.29, 1.82) is 0 Å². The third-order valence-electron chi connectivity index (χ3n) is 0.589. The highest BCUT2D eigenvalue weighted by atomic mass is 16.4. The van der Waals surface area contributed by atoms with Gasteiger partial charge in [0.25, 0.3) is 0 Å². The van der Waals surface area contributed by atoms with E-state index in [0.717, 1.165) is 24.3 Å². The highest BCUT2D eigenvalue weighted by molar-refractivity contribution is 5.82. The summed E-state index contributed by atoms with van der Waals surface area (Å²) in [5.41, 5.74) is 0. The van der Waals surface area contributed by atoms with Crippen LogP contribution in [0.25, 0.3) is 0 Å². The number of allylic oxidation sites excluding steroid dienone is 2. The minimum absolute atomic E-state index is 0. The van der Waals surface area contributed by atoms with E-state index in [-0.39, 0.29) is 7.43 Å². The zero-order chi connectivity index (χ0) is 7.98. The largest absolute Gasteiger partial charge is 0.478 e. The van der Waals surface area contributed by atoms with E-state index < -0.39 is 11.9 Å². The van der Waals surface area contributed by atoms with E-state index in [1.165, 1.54) is 0 Å². The molecule has 0 saturated heterocycles. The highest BCUT2D eigenvalue weighted by Gasteiger charge is 1.83. The second kappa shape index (κ2) is 6.54. The molecular weight excluding hydrogens is 148 g/mol. The molecule has 4 heteroatoms. The molecule has 0 amide bonds. The molecule has 62 valence electrons. The minimum atomic E-state index is -1.10. The van der Waals surface area contributed by atoms with Crippen molar-refractivity contribution in [2.24, 2.45) is 0 Å². The molecule has 0 aliphatic heterocycles. The van der Waals surface area contributed by atoms with Gasteiger partial charge in [0.1, 0.15) is 0 Å². The van der Waals surface area contributed by atoms with Crippen molar-refractivity contribution in [1.82, 2.24) is 0 Å². The molecule has 4 nitrogen and oxygen atoms in total. The van der Waals surface area contributed by atoms with Crippen molar-refractivity contribution in [2.75, 3.05) is 0 Å². The Kier molecular flexibility index (Phi) is 7.21. The molecule has 0 aliphatic carbocycles. The maximum absolute atomic E-state index is 9.78. The van der Waals surface area contributed by atoms with Gasteiger partial charge in [-0.15, -0.1) is 0 Å². The first-order valence-electron chi connectivity index (χ1n) is 2.43. The molecule has 0 bridgehead atoms. The molecule has 0 aromatic carbocycles. The topological polar surface area (TPSA) is 74.6 Å². The van der Waals surface area contributed by atoms with Crippen molar-refractivity contribution in [3.05, 3.63) is 24.3 Å². The van der Waals surface area contributed by atoms with Gasteiger partial charge in [0.2, 0.25) is 0 Å². The zero-order valence-electron chi connectivity index (χ0n) is 5.02. The lowest BCUT2D eigenvalue weighted by atomic mass is 10.4. The van der Waals surface area contributed by atoms with E-state index in [9.17, 15) is 9.59 Å². The summed E-state index contributed by atoms with van der Waals surface area (Å²) in [6.07, 6.45) is 3.96. The smallest absolute Gasteiger partial charge is 0.328 e. The lowest BCUT2D eigenvalue weighted by molar-refractivity contribution is -0.132. The summed E-state index contributed by atoms with van der Waals surface area (Å²) in [5, 5.41) is 16.0. The molecule has 0 atom stereocenters. The van der Waals surface area contributed by atoms with Gasteiger partial charge in [-0.25, -0.2) is 9.59 Å². The van der Waals surface area contributed by atoms with Gasteiger partial charge in [-0.1, -0.05) is 19.6 Å². The van der Waals surface area contributed by atoms with Crippen LogP contribution in [-0.2, 0) is 9.59 Å². The standard InChI is InChI=1S/C6H6O4.CH4/c7-5(8)3-1-2-4-6(9)10;/h1-4H,(H,7,8)(H,9,10);1H4. The SMILES string of the molecule is C.O=C(O)C=CC=CC(=O)O. The summed E-state index contributed by atoms with van der Waals surface area (Å²) in [6, 6.07) is 0. The maximum atomic E-state index is 9.78. The Hall–Kier alpha value is -1.58. The molecule has 0 aromatic heterocycles. The van der Waals surface area contributed by atoms with Crippen LogP contribution in [0.15, 0.2) is 24.3 Å². The summed E-state index contributed by atoms with van der Waals surface area (Å²) in [5.74, 6) is -2.20. The Morgan fingerprint density at radius 3 is 1.36 bits per heavy atom. The summed E-state index contributed by atoms with van der Waals surface area (Å²) < 4.78 is 0. The first-order valence-corrected chi connectivity index (χ1v) is 2.43. The molecule has 2 N–H and O–H groups in total. The third kappa shape index (κ3) is 11.8. The van der Waals surface area contributed by atoms with Gasteiger partial charge in [0.15, 0.2) is 0 Å². The van der Waals surface area contributed by atoms with Crippen LogP contribution in [0.1, 0.15) is 7.43 Å². The number of carbonyl (C=O) groups is 2. The molecule has 0 rings (SSSR count). The summed E-state index contributed by atoms with van der Waals surface area (Å²) >= 11 is 0. The van der Waals surface area contributed by atoms with Crippen molar-refractivity contribution in [3.8, 4) is 0 Å². The number of carboxylic acid groups (broad SMARTS) is 2. The number of hydrogen-bond acceptors (Lipinski definition) is 2. The Morgan fingerprint density at radius 1 is 0.909 bits per heavy atom. The van der Waals surface area contributed by atoms with E-state index in [4.69, 9.17) is 10.2 Å². The number of aliphatic carboxylic acids is 2. The average molecular weight is 158 g/mol. The molecule has 0 radical (unpaired) electrons. The summed E-state index contributed by atoms with van der Waals surface area (Å²) in [7, 11) is 0. The Morgan fingerprint density at radius 2 is 1.18 bits per heavy atom. The van der Waals surface area contributed by atoms with Crippen molar-refractivity contribution in [3.63, 3.8) is 0 Å². The lowest BCUT2D eigenvalue weighted by Gasteiger charge is -1.75. The van der Waals surface area contributed by atoms with Crippen LogP contribution in [-0.4, -0.2) is 22.2 Å².